The number of fused-ring (bicyclic) bond motifs is 2. The summed E-state index contributed by atoms with van der Waals surface area (Å²) >= 11 is 0. The van der Waals surface area contributed by atoms with Gasteiger partial charge >= 0.3 is 6.09 Å². The SMILES string of the molecule is CC(C)(C)OC(=O)N1CC2C[C@@H]1CN2CCCN. The fourth-order valence-corrected chi connectivity index (χ4v) is 2.86. The summed E-state index contributed by atoms with van der Waals surface area (Å²) in [6.07, 6.45) is 1.97. The molecule has 5 nitrogen and oxygen atoms in total. The van der Waals surface area contributed by atoms with Gasteiger partial charge in [0.1, 0.15) is 5.60 Å². The van der Waals surface area contributed by atoms with Gasteiger partial charge in [-0.2, -0.15) is 0 Å². The summed E-state index contributed by atoms with van der Waals surface area (Å²) < 4.78 is 5.44. The normalized spacial score (nSPS) is 27.9. The average molecular weight is 255 g/mol. The van der Waals surface area contributed by atoms with Gasteiger partial charge in [0, 0.05) is 25.2 Å². The third kappa shape index (κ3) is 2.95. The maximum atomic E-state index is 12.0. The predicted molar refractivity (Wildman–Crippen MR) is 70.4 cm³/mol. The largest absolute Gasteiger partial charge is 0.444 e. The molecule has 2 N–H and O–H groups in total. The molecule has 2 aliphatic rings. The molecular weight excluding hydrogens is 230 g/mol. The lowest BCUT2D eigenvalue weighted by molar-refractivity contribution is 0.0129. The number of piperazine rings is 1. The molecule has 2 rings (SSSR count). The highest BCUT2D eigenvalue weighted by atomic mass is 16.6. The highest BCUT2D eigenvalue weighted by Gasteiger charge is 2.45. The molecule has 0 spiro atoms. The molecule has 2 fully saturated rings. The molecule has 2 saturated heterocycles. The third-order valence-corrected chi connectivity index (χ3v) is 3.63. The first kappa shape index (κ1) is 13.6. The van der Waals surface area contributed by atoms with Crippen molar-refractivity contribution < 1.29 is 9.53 Å². The fraction of sp³-hybridized carbons (Fsp3) is 0.923. The first-order valence-corrected chi connectivity index (χ1v) is 6.84. The van der Waals surface area contributed by atoms with Gasteiger partial charge in [0.25, 0.3) is 0 Å². The highest BCUT2D eigenvalue weighted by molar-refractivity contribution is 5.69. The number of carbonyl (C=O) groups excluding carboxylic acids is 1. The monoisotopic (exact) mass is 255 g/mol. The second kappa shape index (κ2) is 5.05. The first-order valence-electron chi connectivity index (χ1n) is 6.84. The molecule has 1 amide bonds. The lowest BCUT2D eigenvalue weighted by Crippen LogP contribution is -2.50. The number of carbonyl (C=O) groups is 1. The molecule has 2 atom stereocenters. The van der Waals surface area contributed by atoms with Crippen LogP contribution in [-0.2, 0) is 4.74 Å². The van der Waals surface area contributed by atoms with Crippen LogP contribution in [0.15, 0.2) is 0 Å². The molecule has 0 radical (unpaired) electrons. The Morgan fingerprint density at radius 3 is 2.56 bits per heavy atom. The Morgan fingerprint density at radius 1 is 1.33 bits per heavy atom. The molecule has 0 aromatic rings. The summed E-state index contributed by atoms with van der Waals surface area (Å²) in [5, 5.41) is 0. The topological polar surface area (TPSA) is 58.8 Å². The van der Waals surface area contributed by atoms with E-state index < -0.39 is 5.60 Å². The summed E-state index contributed by atoms with van der Waals surface area (Å²) in [6, 6.07) is 0.844. The van der Waals surface area contributed by atoms with E-state index in [1.165, 1.54) is 0 Å². The van der Waals surface area contributed by atoms with Crippen LogP contribution >= 0.6 is 0 Å². The van der Waals surface area contributed by atoms with Gasteiger partial charge in [-0.05, 0) is 46.7 Å². The molecule has 104 valence electrons. The van der Waals surface area contributed by atoms with Crippen LogP contribution in [0, 0.1) is 0 Å². The first-order chi connectivity index (χ1) is 8.40. The number of hydrogen-bond donors (Lipinski definition) is 1. The van der Waals surface area contributed by atoms with E-state index in [0.29, 0.717) is 12.1 Å². The van der Waals surface area contributed by atoms with Crippen molar-refractivity contribution in [1.29, 1.82) is 0 Å². The van der Waals surface area contributed by atoms with E-state index in [9.17, 15) is 4.79 Å². The summed E-state index contributed by atoms with van der Waals surface area (Å²) in [7, 11) is 0. The van der Waals surface area contributed by atoms with Crippen molar-refractivity contribution in [3.63, 3.8) is 0 Å². The van der Waals surface area contributed by atoms with Crippen LogP contribution in [-0.4, -0.2) is 59.8 Å². The standard InChI is InChI=1S/C13H25N3O2/c1-13(2,3)18-12(17)16-9-10-7-11(16)8-15(10)6-4-5-14/h10-11H,4-9,14H2,1-3H3/t10?,11-/m1/s1. The molecule has 0 aliphatic carbocycles. The van der Waals surface area contributed by atoms with Crippen LogP contribution in [0.5, 0.6) is 0 Å². The number of likely N-dealkylation sites (tertiary alicyclic amines) is 2. The van der Waals surface area contributed by atoms with Crippen molar-refractivity contribution >= 4 is 6.09 Å². The van der Waals surface area contributed by atoms with Gasteiger partial charge in [0.15, 0.2) is 0 Å². The van der Waals surface area contributed by atoms with Gasteiger partial charge in [-0.25, -0.2) is 4.79 Å². The Balaban J connectivity index is 1.85. The zero-order chi connectivity index (χ0) is 13.3. The van der Waals surface area contributed by atoms with Crippen LogP contribution < -0.4 is 5.73 Å². The van der Waals surface area contributed by atoms with Crippen LogP contribution in [0.3, 0.4) is 0 Å². The van der Waals surface area contributed by atoms with Crippen LogP contribution in [0.1, 0.15) is 33.6 Å². The zero-order valence-electron chi connectivity index (χ0n) is 11.7. The van der Waals surface area contributed by atoms with Crippen molar-refractivity contribution in [2.45, 2.75) is 51.3 Å². The molecule has 1 unspecified atom stereocenters. The second-order valence-electron chi connectivity index (χ2n) is 6.31. The summed E-state index contributed by atoms with van der Waals surface area (Å²) in [5.74, 6) is 0. The number of nitrogens with two attached hydrogens (primary N) is 1. The zero-order valence-corrected chi connectivity index (χ0v) is 11.7. The Bertz CT molecular complexity index is 314. The van der Waals surface area contributed by atoms with E-state index in [0.717, 1.165) is 39.0 Å². The third-order valence-electron chi connectivity index (χ3n) is 3.63. The van der Waals surface area contributed by atoms with Crippen molar-refractivity contribution in [2.24, 2.45) is 5.73 Å². The van der Waals surface area contributed by atoms with E-state index in [1.54, 1.807) is 0 Å². The molecule has 2 heterocycles. The number of hydrogen-bond acceptors (Lipinski definition) is 4. The molecule has 5 heteroatoms. The Kier molecular flexibility index (Phi) is 3.82. The number of rotatable bonds is 3. The summed E-state index contributed by atoms with van der Waals surface area (Å²) in [6.45, 7) is 9.31. The van der Waals surface area contributed by atoms with Crippen LogP contribution in [0.4, 0.5) is 4.79 Å². The van der Waals surface area contributed by atoms with E-state index in [4.69, 9.17) is 10.5 Å². The molecule has 0 saturated carbocycles. The number of amides is 1. The van der Waals surface area contributed by atoms with Gasteiger partial charge in [0.05, 0.1) is 0 Å². The van der Waals surface area contributed by atoms with Gasteiger partial charge in [0.2, 0.25) is 0 Å². The molecule has 2 bridgehead atoms. The minimum atomic E-state index is -0.405. The van der Waals surface area contributed by atoms with Crippen LogP contribution in [0.2, 0.25) is 0 Å². The number of ether oxygens (including phenoxy) is 1. The van der Waals surface area contributed by atoms with Gasteiger partial charge in [-0.15, -0.1) is 0 Å². The van der Waals surface area contributed by atoms with E-state index in [2.05, 4.69) is 4.90 Å². The predicted octanol–water partition coefficient (Wildman–Crippen LogP) is 1.03. The van der Waals surface area contributed by atoms with Crippen molar-refractivity contribution in [2.75, 3.05) is 26.2 Å². The van der Waals surface area contributed by atoms with E-state index >= 15 is 0 Å². The Morgan fingerprint density at radius 2 is 2.06 bits per heavy atom. The molecule has 0 aromatic carbocycles. The van der Waals surface area contributed by atoms with Gasteiger partial charge < -0.3 is 15.4 Å². The van der Waals surface area contributed by atoms with Crippen molar-refractivity contribution in [3.05, 3.63) is 0 Å². The smallest absolute Gasteiger partial charge is 0.410 e. The fourth-order valence-electron chi connectivity index (χ4n) is 2.86. The summed E-state index contributed by atoms with van der Waals surface area (Å²) in [4.78, 5) is 16.4. The van der Waals surface area contributed by atoms with Gasteiger partial charge in [-0.3, -0.25) is 4.90 Å². The molecule has 18 heavy (non-hydrogen) atoms. The molecule has 2 aliphatic heterocycles. The maximum Gasteiger partial charge on any atom is 0.410 e. The van der Waals surface area contributed by atoms with Gasteiger partial charge in [-0.1, -0.05) is 0 Å². The van der Waals surface area contributed by atoms with Crippen molar-refractivity contribution in [3.8, 4) is 0 Å². The minimum absolute atomic E-state index is 0.159. The Labute approximate surface area is 109 Å². The average Bonchev–Trinajstić information content (AvgIpc) is 2.82. The Hall–Kier alpha value is -0.810. The van der Waals surface area contributed by atoms with E-state index in [-0.39, 0.29) is 6.09 Å². The van der Waals surface area contributed by atoms with Crippen molar-refractivity contribution in [1.82, 2.24) is 9.80 Å². The lowest BCUT2D eigenvalue weighted by Gasteiger charge is -2.35. The quantitative estimate of drug-likeness (QED) is 0.818. The van der Waals surface area contributed by atoms with E-state index in [1.807, 2.05) is 25.7 Å². The number of nitrogens with zero attached hydrogens (tertiary/aromatic N) is 2. The summed E-state index contributed by atoms with van der Waals surface area (Å²) in [5.41, 5.74) is 5.13. The molecule has 0 aromatic heterocycles. The lowest BCUT2D eigenvalue weighted by atomic mass is 10.2. The minimum Gasteiger partial charge on any atom is -0.444 e. The second-order valence-corrected chi connectivity index (χ2v) is 6.31. The molecular formula is C13H25N3O2. The maximum absolute atomic E-state index is 12.0. The van der Waals surface area contributed by atoms with Crippen LogP contribution in [0.25, 0.3) is 0 Å². The highest BCUT2D eigenvalue weighted by Crippen LogP contribution is 2.31.